The molecule has 0 saturated carbocycles. The van der Waals surface area contributed by atoms with Crippen molar-refractivity contribution in [2.45, 2.75) is 12.5 Å². The summed E-state index contributed by atoms with van der Waals surface area (Å²) in [5.41, 5.74) is 3.22. The third-order valence-corrected chi connectivity index (χ3v) is 2.17. The van der Waals surface area contributed by atoms with Crippen LogP contribution in [0.3, 0.4) is 0 Å². The van der Waals surface area contributed by atoms with Crippen LogP contribution in [0, 0.1) is 0 Å². The first-order chi connectivity index (χ1) is 6.81. The number of benzene rings is 1. The van der Waals surface area contributed by atoms with Gasteiger partial charge in [-0.2, -0.15) is 0 Å². The third kappa shape index (κ3) is 1.56. The van der Waals surface area contributed by atoms with Crippen LogP contribution in [0.15, 0.2) is 24.3 Å². The van der Waals surface area contributed by atoms with Gasteiger partial charge in [0.05, 0.1) is 13.5 Å². The Morgan fingerprint density at radius 3 is 2.93 bits per heavy atom. The molecule has 1 aromatic carbocycles. The molecule has 1 aromatic rings. The molecule has 1 amide bonds. The standard InChI is InChI=1S/C10H11NO3/c1-13-8-5-3-2-4-7(8)9-6-10(12)11-14-9/h2-5,9H,6H2,1H3,(H,11,12). The van der Waals surface area contributed by atoms with Crippen LogP contribution in [0.2, 0.25) is 0 Å². The summed E-state index contributed by atoms with van der Waals surface area (Å²) < 4.78 is 5.17. The van der Waals surface area contributed by atoms with Crippen molar-refractivity contribution >= 4 is 5.91 Å². The number of amides is 1. The van der Waals surface area contributed by atoms with Crippen LogP contribution in [-0.2, 0) is 9.63 Å². The fraction of sp³-hybridized carbons (Fsp3) is 0.300. The van der Waals surface area contributed by atoms with Crippen LogP contribution < -0.4 is 10.2 Å². The Balaban J connectivity index is 2.27. The minimum atomic E-state index is -0.237. The van der Waals surface area contributed by atoms with Gasteiger partial charge in [0.2, 0.25) is 5.91 Å². The number of nitrogens with one attached hydrogen (secondary N) is 1. The van der Waals surface area contributed by atoms with E-state index in [1.54, 1.807) is 7.11 Å². The molecule has 4 heteroatoms. The smallest absolute Gasteiger partial charge is 0.246 e. The second-order valence-electron chi connectivity index (χ2n) is 3.08. The Morgan fingerprint density at radius 2 is 2.29 bits per heavy atom. The molecule has 74 valence electrons. The van der Waals surface area contributed by atoms with Crippen LogP contribution in [-0.4, -0.2) is 13.0 Å². The van der Waals surface area contributed by atoms with E-state index in [4.69, 9.17) is 9.57 Å². The number of para-hydroxylation sites is 1. The lowest BCUT2D eigenvalue weighted by Gasteiger charge is -2.11. The van der Waals surface area contributed by atoms with E-state index in [0.29, 0.717) is 6.42 Å². The monoisotopic (exact) mass is 193 g/mol. The molecule has 1 atom stereocenters. The fourth-order valence-electron chi connectivity index (χ4n) is 1.49. The van der Waals surface area contributed by atoms with Gasteiger partial charge in [-0.25, -0.2) is 5.48 Å². The van der Waals surface area contributed by atoms with Gasteiger partial charge in [-0.1, -0.05) is 18.2 Å². The number of methoxy groups -OCH3 is 1. The van der Waals surface area contributed by atoms with Gasteiger partial charge in [-0.05, 0) is 6.07 Å². The zero-order chi connectivity index (χ0) is 9.97. The molecule has 0 aliphatic carbocycles. The molecule has 1 aliphatic rings. The van der Waals surface area contributed by atoms with Crippen molar-refractivity contribution in [3.8, 4) is 5.75 Å². The molecular formula is C10H11NO3. The molecule has 1 heterocycles. The molecule has 0 bridgehead atoms. The van der Waals surface area contributed by atoms with Crippen LogP contribution in [0.25, 0.3) is 0 Å². The minimum absolute atomic E-state index is 0.0964. The molecule has 14 heavy (non-hydrogen) atoms. The maximum Gasteiger partial charge on any atom is 0.246 e. The Labute approximate surface area is 81.8 Å². The average molecular weight is 193 g/mol. The first-order valence-electron chi connectivity index (χ1n) is 4.38. The van der Waals surface area contributed by atoms with Crippen molar-refractivity contribution in [2.75, 3.05) is 7.11 Å². The van der Waals surface area contributed by atoms with Crippen LogP contribution in [0.4, 0.5) is 0 Å². The Kier molecular flexibility index (Phi) is 2.37. The average Bonchev–Trinajstić information content (AvgIpc) is 2.65. The van der Waals surface area contributed by atoms with Gasteiger partial charge >= 0.3 is 0 Å². The lowest BCUT2D eigenvalue weighted by Crippen LogP contribution is -2.11. The van der Waals surface area contributed by atoms with Crippen LogP contribution in [0.5, 0.6) is 5.75 Å². The lowest BCUT2D eigenvalue weighted by atomic mass is 10.1. The molecule has 0 aromatic heterocycles. The largest absolute Gasteiger partial charge is 0.496 e. The summed E-state index contributed by atoms with van der Waals surface area (Å²) in [6.07, 6.45) is 0.110. The van der Waals surface area contributed by atoms with E-state index in [9.17, 15) is 4.79 Å². The van der Waals surface area contributed by atoms with Crippen LogP contribution in [0.1, 0.15) is 18.1 Å². The predicted molar refractivity (Wildman–Crippen MR) is 49.6 cm³/mol. The fourth-order valence-corrected chi connectivity index (χ4v) is 1.49. The van der Waals surface area contributed by atoms with E-state index in [1.807, 2.05) is 24.3 Å². The maximum absolute atomic E-state index is 10.9. The number of hydroxylamine groups is 1. The van der Waals surface area contributed by atoms with Crippen molar-refractivity contribution < 1.29 is 14.4 Å². The van der Waals surface area contributed by atoms with Gasteiger partial charge in [-0.15, -0.1) is 0 Å². The normalized spacial score (nSPS) is 20.6. The van der Waals surface area contributed by atoms with E-state index in [-0.39, 0.29) is 12.0 Å². The predicted octanol–water partition coefficient (Wildman–Crippen LogP) is 1.19. The number of ether oxygens (including phenoxy) is 1. The summed E-state index contributed by atoms with van der Waals surface area (Å²) in [6, 6.07) is 7.52. The number of hydrogen-bond donors (Lipinski definition) is 1. The van der Waals surface area contributed by atoms with Gasteiger partial charge < -0.3 is 4.74 Å². The Hall–Kier alpha value is -1.55. The molecule has 1 fully saturated rings. The maximum atomic E-state index is 10.9. The lowest BCUT2D eigenvalue weighted by molar-refractivity contribution is -0.124. The van der Waals surface area contributed by atoms with E-state index < -0.39 is 0 Å². The van der Waals surface area contributed by atoms with Crippen LogP contribution >= 0.6 is 0 Å². The minimum Gasteiger partial charge on any atom is -0.496 e. The molecule has 1 aliphatic heterocycles. The molecule has 2 rings (SSSR count). The summed E-state index contributed by atoms with van der Waals surface area (Å²) in [6.45, 7) is 0. The molecule has 0 spiro atoms. The first kappa shape index (κ1) is 9.02. The van der Waals surface area contributed by atoms with Crippen molar-refractivity contribution in [3.05, 3.63) is 29.8 Å². The topological polar surface area (TPSA) is 47.6 Å². The zero-order valence-corrected chi connectivity index (χ0v) is 7.82. The van der Waals surface area contributed by atoms with Gasteiger partial charge in [0.1, 0.15) is 11.9 Å². The summed E-state index contributed by atoms with van der Waals surface area (Å²) in [5, 5.41) is 0. The molecule has 1 unspecified atom stereocenters. The summed E-state index contributed by atoms with van der Waals surface area (Å²) >= 11 is 0. The Morgan fingerprint density at radius 1 is 1.50 bits per heavy atom. The highest BCUT2D eigenvalue weighted by Gasteiger charge is 2.26. The highest BCUT2D eigenvalue weighted by Crippen LogP contribution is 2.31. The number of rotatable bonds is 2. The quantitative estimate of drug-likeness (QED) is 0.767. The number of carbonyl (C=O) groups excluding carboxylic acids is 1. The summed E-state index contributed by atoms with van der Waals surface area (Å²) in [4.78, 5) is 16.1. The van der Waals surface area contributed by atoms with Crippen molar-refractivity contribution in [2.24, 2.45) is 0 Å². The van der Waals surface area contributed by atoms with Crippen molar-refractivity contribution in [3.63, 3.8) is 0 Å². The Bertz CT molecular complexity index is 351. The van der Waals surface area contributed by atoms with Gasteiger partial charge in [0.25, 0.3) is 0 Å². The molecular weight excluding hydrogens is 182 g/mol. The SMILES string of the molecule is COc1ccccc1C1CC(=O)NO1. The summed E-state index contributed by atoms with van der Waals surface area (Å²) in [5.74, 6) is 0.648. The number of hydrogen-bond acceptors (Lipinski definition) is 3. The van der Waals surface area contributed by atoms with Crippen molar-refractivity contribution in [1.29, 1.82) is 0 Å². The second kappa shape index (κ2) is 3.67. The van der Waals surface area contributed by atoms with Gasteiger partial charge in [0, 0.05) is 5.56 Å². The molecule has 1 saturated heterocycles. The second-order valence-corrected chi connectivity index (χ2v) is 3.08. The number of carbonyl (C=O) groups is 1. The van der Waals surface area contributed by atoms with E-state index in [0.717, 1.165) is 11.3 Å². The zero-order valence-electron chi connectivity index (χ0n) is 7.82. The van der Waals surface area contributed by atoms with Gasteiger partial charge in [-0.3, -0.25) is 9.63 Å². The van der Waals surface area contributed by atoms with Gasteiger partial charge in [0.15, 0.2) is 0 Å². The highest BCUT2D eigenvalue weighted by atomic mass is 16.7. The third-order valence-electron chi connectivity index (χ3n) is 2.17. The van der Waals surface area contributed by atoms with E-state index in [2.05, 4.69) is 5.48 Å². The molecule has 0 radical (unpaired) electrons. The molecule has 4 nitrogen and oxygen atoms in total. The first-order valence-corrected chi connectivity index (χ1v) is 4.38. The highest BCUT2D eigenvalue weighted by molar-refractivity contribution is 5.77. The van der Waals surface area contributed by atoms with Crippen molar-refractivity contribution in [1.82, 2.24) is 5.48 Å². The summed E-state index contributed by atoms with van der Waals surface area (Å²) in [7, 11) is 1.60. The molecule has 1 N–H and O–H groups in total. The van der Waals surface area contributed by atoms with E-state index in [1.165, 1.54) is 0 Å². The van der Waals surface area contributed by atoms with E-state index >= 15 is 0 Å².